The number of carbonyl (C=O) groups excluding carboxylic acids is 2. The zero-order valence-electron chi connectivity index (χ0n) is 13.1. The number of aryl methyl sites for hydroxylation is 1. The smallest absolute Gasteiger partial charge is 0.364 e. The second kappa shape index (κ2) is 8.21. The number of rotatable bonds is 5. The van der Waals surface area contributed by atoms with Crippen molar-refractivity contribution in [3.05, 3.63) is 59.8 Å². The first-order chi connectivity index (χ1) is 11.6. The van der Waals surface area contributed by atoms with Crippen molar-refractivity contribution < 1.29 is 14.3 Å². The van der Waals surface area contributed by atoms with Crippen molar-refractivity contribution in [1.29, 1.82) is 0 Å². The number of hydrogen-bond acceptors (Lipinski definition) is 7. The van der Waals surface area contributed by atoms with Crippen LogP contribution in [-0.2, 0) is 9.53 Å². The zero-order chi connectivity index (χ0) is 17.4. The van der Waals surface area contributed by atoms with Crippen molar-refractivity contribution >= 4 is 23.4 Å². The van der Waals surface area contributed by atoms with Crippen LogP contribution < -0.4 is 10.7 Å². The molecule has 0 saturated carbocycles. The normalized spacial score (nSPS) is 9.42. The molecule has 0 radical (unpaired) electrons. The maximum absolute atomic E-state index is 12.0. The number of aromatic nitrogens is 2. The van der Waals surface area contributed by atoms with E-state index in [1.807, 2.05) is 25.1 Å². The Balaban J connectivity index is 2.17. The monoisotopic (exact) mass is 325 g/mol. The Morgan fingerprint density at radius 3 is 2.79 bits per heavy atom. The van der Waals surface area contributed by atoms with Crippen molar-refractivity contribution in [2.75, 3.05) is 12.5 Å². The summed E-state index contributed by atoms with van der Waals surface area (Å²) in [4.78, 5) is 31.3. The topological polar surface area (TPSA) is 106 Å². The van der Waals surface area contributed by atoms with Crippen LogP contribution in [0.5, 0.6) is 0 Å². The quantitative estimate of drug-likeness (QED) is 0.371. The average molecular weight is 325 g/mol. The fourth-order valence-corrected chi connectivity index (χ4v) is 1.68. The molecule has 122 valence electrons. The fraction of sp³-hybridized carbons (Fsp3) is 0.125. The van der Waals surface area contributed by atoms with Crippen LogP contribution in [0.1, 0.15) is 16.1 Å². The summed E-state index contributed by atoms with van der Waals surface area (Å²) in [6.07, 6.45) is 4.07. The standard InChI is InChI=1S/C16H15N5O3/c1-11-4-3-5-12(8-11)21-19-10-14(16(23)24-2)20-15(22)13-9-17-6-7-18-13/h3-9,21H,1-2H3,(H,20,22). The molecule has 0 spiro atoms. The van der Waals surface area contributed by atoms with Gasteiger partial charge in [-0.3, -0.25) is 15.2 Å². The average Bonchev–Trinajstić information content (AvgIpc) is 2.61. The number of nitrogens with one attached hydrogen (secondary N) is 2. The first-order valence-corrected chi connectivity index (χ1v) is 6.91. The zero-order valence-corrected chi connectivity index (χ0v) is 13.1. The van der Waals surface area contributed by atoms with Crippen LogP contribution in [0.15, 0.2) is 53.7 Å². The summed E-state index contributed by atoms with van der Waals surface area (Å²) in [5, 5.41) is 6.15. The molecular weight excluding hydrogens is 310 g/mol. The molecule has 2 aromatic rings. The lowest BCUT2D eigenvalue weighted by Gasteiger charge is -2.04. The predicted octanol–water partition coefficient (Wildman–Crippen LogP) is 1.27. The van der Waals surface area contributed by atoms with E-state index in [0.717, 1.165) is 5.56 Å². The molecule has 24 heavy (non-hydrogen) atoms. The molecule has 1 aromatic heterocycles. The Hall–Kier alpha value is -3.51. The Morgan fingerprint density at radius 2 is 2.12 bits per heavy atom. The summed E-state index contributed by atoms with van der Waals surface area (Å²) in [5.41, 5.74) is 4.27. The van der Waals surface area contributed by atoms with E-state index in [2.05, 4.69) is 36.4 Å². The van der Waals surface area contributed by atoms with E-state index in [-0.39, 0.29) is 11.4 Å². The molecule has 1 heterocycles. The highest BCUT2D eigenvalue weighted by atomic mass is 16.5. The highest BCUT2D eigenvalue weighted by Gasteiger charge is 2.15. The lowest BCUT2D eigenvalue weighted by molar-refractivity contribution is -0.136. The van der Waals surface area contributed by atoms with E-state index in [9.17, 15) is 9.59 Å². The molecule has 2 N–H and O–H groups in total. The fourth-order valence-electron chi connectivity index (χ4n) is 1.68. The minimum absolute atomic E-state index is 0.0485. The van der Waals surface area contributed by atoms with Crippen LogP contribution in [0.2, 0.25) is 0 Å². The van der Waals surface area contributed by atoms with Gasteiger partial charge in [0.15, 0.2) is 5.70 Å². The van der Waals surface area contributed by atoms with Crippen LogP contribution in [0.3, 0.4) is 0 Å². The highest BCUT2D eigenvalue weighted by Crippen LogP contribution is 2.08. The van der Waals surface area contributed by atoms with Gasteiger partial charge in [0.05, 0.1) is 19.0 Å². The SMILES string of the molecule is COC(=O)C(=C=NNc1cccc(C)c1)NC(=O)c1cnccn1. The number of amides is 1. The van der Waals surface area contributed by atoms with Gasteiger partial charge >= 0.3 is 5.97 Å². The van der Waals surface area contributed by atoms with Crippen LogP contribution in [0, 0.1) is 6.92 Å². The molecule has 0 aliphatic rings. The lowest BCUT2D eigenvalue weighted by atomic mass is 10.2. The van der Waals surface area contributed by atoms with Gasteiger partial charge in [-0.15, -0.1) is 5.10 Å². The Morgan fingerprint density at radius 1 is 1.29 bits per heavy atom. The molecule has 0 saturated heterocycles. The number of hydrogen-bond donors (Lipinski definition) is 2. The summed E-state index contributed by atoms with van der Waals surface area (Å²) in [5.74, 6) is 1.00. The van der Waals surface area contributed by atoms with Crippen molar-refractivity contribution in [3.8, 4) is 0 Å². The number of methoxy groups -OCH3 is 1. The third-order valence-corrected chi connectivity index (χ3v) is 2.79. The van der Waals surface area contributed by atoms with E-state index in [0.29, 0.717) is 5.69 Å². The number of ether oxygens (including phenoxy) is 1. The molecule has 0 aliphatic heterocycles. The van der Waals surface area contributed by atoms with Crippen molar-refractivity contribution in [1.82, 2.24) is 15.3 Å². The van der Waals surface area contributed by atoms with Gasteiger partial charge in [0.2, 0.25) is 0 Å². The highest BCUT2D eigenvalue weighted by molar-refractivity contribution is 6.04. The molecule has 1 amide bonds. The van der Waals surface area contributed by atoms with Crippen LogP contribution in [-0.4, -0.2) is 34.8 Å². The first-order valence-electron chi connectivity index (χ1n) is 6.91. The first kappa shape index (κ1) is 16.9. The van der Waals surface area contributed by atoms with Crippen LogP contribution >= 0.6 is 0 Å². The van der Waals surface area contributed by atoms with E-state index in [1.54, 1.807) is 6.07 Å². The molecule has 0 bridgehead atoms. The summed E-state index contributed by atoms with van der Waals surface area (Å²) in [7, 11) is 1.19. The summed E-state index contributed by atoms with van der Waals surface area (Å²) >= 11 is 0. The number of esters is 1. The van der Waals surface area contributed by atoms with Crippen LogP contribution in [0.25, 0.3) is 0 Å². The van der Waals surface area contributed by atoms with Crippen molar-refractivity contribution in [3.63, 3.8) is 0 Å². The molecule has 8 heteroatoms. The van der Waals surface area contributed by atoms with Gasteiger partial charge < -0.3 is 10.1 Å². The van der Waals surface area contributed by atoms with Gasteiger partial charge in [-0.25, -0.2) is 9.78 Å². The maximum Gasteiger partial charge on any atom is 0.364 e. The number of benzene rings is 1. The molecule has 0 unspecified atom stereocenters. The second-order valence-electron chi connectivity index (χ2n) is 4.62. The van der Waals surface area contributed by atoms with Gasteiger partial charge in [-0.2, -0.15) is 0 Å². The van der Waals surface area contributed by atoms with Crippen molar-refractivity contribution in [2.24, 2.45) is 5.10 Å². The minimum atomic E-state index is -0.790. The number of carbonyl (C=O) groups is 2. The Kier molecular flexibility index (Phi) is 5.76. The number of anilines is 1. The van der Waals surface area contributed by atoms with E-state index < -0.39 is 11.9 Å². The Bertz CT molecular complexity index is 798. The van der Waals surface area contributed by atoms with Gasteiger partial charge in [0.1, 0.15) is 5.69 Å². The minimum Gasteiger partial charge on any atom is -0.464 e. The Labute approximate surface area is 138 Å². The van der Waals surface area contributed by atoms with Gasteiger partial charge in [0, 0.05) is 18.3 Å². The van der Waals surface area contributed by atoms with Crippen LogP contribution in [0.4, 0.5) is 5.69 Å². The maximum atomic E-state index is 12.0. The molecule has 0 atom stereocenters. The van der Waals surface area contributed by atoms with Gasteiger partial charge in [0.25, 0.3) is 5.91 Å². The van der Waals surface area contributed by atoms with Gasteiger partial charge in [-0.05, 0) is 24.6 Å². The largest absolute Gasteiger partial charge is 0.464 e. The third-order valence-electron chi connectivity index (χ3n) is 2.79. The van der Waals surface area contributed by atoms with Gasteiger partial charge in [-0.1, -0.05) is 12.1 Å². The summed E-state index contributed by atoms with van der Waals surface area (Å²) < 4.78 is 4.59. The van der Waals surface area contributed by atoms with E-state index in [4.69, 9.17) is 0 Å². The van der Waals surface area contributed by atoms with Crippen molar-refractivity contribution in [2.45, 2.75) is 6.92 Å². The summed E-state index contributed by atoms with van der Waals surface area (Å²) in [6.45, 7) is 1.94. The summed E-state index contributed by atoms with van der Waals surface area (Å²) in [6, 6.07) is 7.45. The number of nitrogens with zero attached hydrogens (tertiary/aromatic N) is 3. The second-order valence-corrected chi connectivity index (χ2v) is 4.62. The molecular formula is C16H15N5O3. The molecule has 0 aliphatic carbocycles. The molecule has 2 rings (SSSR count). The van der Waals surface area contributed by atoms with E-state index >= 15 is 0 Å². The third kappa shape index (κ3) is 4.75. The molecule has 8 nitrogen and oxygen atoms in total. The lowest BCUT2D eigenvalue weighted by Crippen LogP contribution is -2.29. The molecule has 0 fully saturated rings. The van der Waals surface area contributed by atoms with E-state index in [1.165, 1.54) is 25.7 Å². The molecule has 1 aromatic carbocycles. The predicted molar refractivity (Wildman–Crippen MR) is 87.3 cm³/mol. The number of hydrazone groups is 1.